The maximum atomic E-state index is 5.97. The normalized spacial score (nSPS) is 12.6. The minimum Gasteiger partial charge on any atom is -0.366 e. The number of nitrogens with zero attached hydrogens (tertiary/aromatic N) is 3. The Morgan fingerprint density at radius 1 is 1.13 bits per heavy atom. The van der Waals surface area contributed by atoms with Gasteiger partial charge in [-0.05, 0) is 5.56 Å². The molecule has 0 aliphatic heterocycles. The van der Waals surface area contributed by atoms with Crippen molar-refractivity contribution >= 4 is 5.95 Å². The van der Waals surface area contributed by atoms with Gasteiger partial charge in [0, 0.05) is 0 Å². The Morgan fingerprint density at radius 2 is 1.80 bits per heavy atom. The summed E-state index contributed by atoms with van der Waals surface area (Å²) in [5.41, 5.74) is 12.4. The number of hydrogen-bond donors (Lipinski definition) is 3. The van der Waals surface area contributed by atoms with Gasteiger partial charge in [0.25, 0.3) is 0 Å². The zero-order valence-electron chi connectivity index (χ0n) is 8.04. The fourth-order valence-electron chi connectivity index (χ4n) is 1.34. The van der Waals surface area contributed by atoms with Crippen molar-refractivity contribution in [2.24, 2.45) is 5.73 Å². The van der Waals surface area contributed by atoms with Crippen LogP contribution in [0.15, 0.2) is 30.3 Å². The first-order valence-corrected chi connectivity index (χ1v) is 4.46. The molecule has 78 valence electrons. The summed E-state index contributed by atoms with van der Waals surface area (Å²) in [6.07, 6.45) is 0. The molecule has 6 N–H and O–H groups in total. The Hall–Kier alpha value is -2.08. The van der Waals surface area contributed by atoms with Crippen LogP contribution in [0.5, 0.6) is 0 Å². The van der Waals surface area contributed by atoms with E-state index in [1.54, 1.807) is 0 Å². The molecule has 1 aromatic heterocycles. The number of hydrogen-bond acceptors (Lipinski definition) is 5. The van der Waals surface area contributed by atoms with Crippen LogP contribution in [0, 0.1) is 0 Å². The lowest BCUT2D eigenvalue weighted by Crippen LogP contribution is -2.23. The van der Waals surface area contributed by atoms with Gasteiger partial charge in [0.1, 0.15) is 0 Å². The predicted molar refractivity (Wildman–Crippen MR) is 57.1 cm³/mol. The molecule has 0 spiro atoms. The van der Waals surface area contributed by atoms with E-state index in [4.69, 9.17) is 17.3 Å². The molecular formula is C9H12N6. The summed E-state index contributed by atoms with van der Waals surface area (Å²) in [5.74, 6) is 6.22. The number of benzene rings is 1. The summed E-state index contributed by atoms with van der Waals surface area (Å²) in [5, 5.41) is 7.48. The maximum Gasteiger partial charge on any atom is 0.240 e. The molecule has 15 heavy (non-hydrogen) atoms. The molecule has 0 amide bonds. The fourth-order valence-corrected chi connectivity index (χ4v) is 1.34. The summed E-state index contributed by atoms with van der Waals surface area (Å²) < 4.78 is 1.19. The minimum atomic E-state index is -0.416. The lowest BCUT2D eigenvalue weighted by atomic mass is 10.1. The van der Waals surface area contributed by atoms with Crippen molar-refractivity contribution in [1.29, 1.82) is 0 Å². The topological polar surface area (TPSA) is 109 Å². The summed E-state index contributed by atoms with van der Waals surface area (Å²) >= 11 is 0. The monoisotopic (exact) mass is 204 g/mol. The Labute approximate surface area is 86.7 Å². The molecule has 1 aromatic carbocycles. The van der Waals surface area contributed by atoms with Gasteiger partial charge in [-0.25, -0.2) is 4.68 Å². The highest BCUT2D eigenvalue weighted by Gasteiger charge is 2.16. The molecule has 0 bridgehead atoms. The second kappa shape index (κ2) is 3.58. The first-order chi connectivity index (χ1) is 7.20. The zero-order chi connectivity index (χ0) is 10.8. The van der Waals surface area contributed by atoms with Gasteiger partial charge in [-0.3, -0.25) is 0 Å². The number of nitrogen functional groups attached to an aromatic ring is 2. The first kappa shape index (κ1) is 9.47. The average molecular weight is 204 g/mol. The first-order valence-electron chi connectivity index (χ1n) is 4.46. The van der Waals surface area contributed by atoms with Crippen LogP contribution < -0.4 is 17.3 Å². The summed E-state index contributed by atoms with van der Waals surface area (Å²) in [4.78, 5) is 0. The lowest BCUT2D eigenvalue weighted by molar-refractivity contribution is 0.740. The minimum absolute atomic E-state index is 0.149. The average Bonchev–Trinajstić information content (AvgIpc) is 2.60. The van der Waals surface area contributed by atoms with Crippen molar-refractivity contribution in [3.05, 3.63) is 41.7 Å². The van der Waals surface area contributed by atoms with E-state index >= 15 is 0 Å². The van der Waals surface area contributed by atoms with E-state index in [0.717, 1.165) is 5.56 Å². The van der Waals surface area contributed by atoms with Crippen LogP contribution in [0.1, 0.15) is 17.4 Å². The molecule has 0 aliphatic rings. The van der Waals surface area contributed by atoms with Gasteiger partial charge in [0.2, 0.25) is 5.95 Å². The van der Waals surface area contributed by atoms with Crippen molar-refractivity contribution in [1.82, 2.24) is 14.9 Å². The lowest BCUT2D eigenvalue weighted by Gasteiger charge is -2.10. The highest BCUT2D eigenvalue weighted by atomic mass is 15.4. The van der Waals surface area contributed by atoms with Gasteiger partial charge in [-0.2, -0.15) is 0 Å². The summed E-state index contributed by atoms with van der Waals surface area (Å²) in [6.45, 7) is 0. The Bertz CT molecular complexity index is 449. The smallest absolute Gasteiger partial charge is 0.240 e. The van der Waals surface area contributed by atoms with Gasteiger partial charge in [-0.1, -0.05) is 30.3 Å². The quantitative estimate of drug-likeness (QED) is 0.578. The second-order valence-corrected chi connectivity index (χ2v) is 3.17. The SMILES string of the molecule is Nc1nnc(C(N)c2ccccc2)n1N. The van der Waals surface area contributed by atoms with Crippen LogP contribution in [0.3, 0.4) is 0 Å². The molecule has 2 rings (SSSR count). The molecule has 2 aromatic rings. The molecule has 0 fully saturated rings. The standard InChI is InChI=1S/C9H12N6/c10-7(6-4-2-1-3-5-6)8-13-14-9(11)15(8)12/h1-5,7H,10,12H2,(H2,11,14). The van der Waals surface area contributed by atoms with Gasteiger partial charge < -0.3 is 17.3 Å². The molecule has 6 nitrogen and oxygen atoms in total. The van der Waals surface area contributed by atoms with Crippen LogP contribution in [0.25, 0.3) is 0 Å². The fraction of sp³-hybridized carbons (Fsp3) is 0.111. The summed E-state index contributed by atoms with van der Waals surface area (Å²) in [6, 6.07) is 9.09. The molecular weight excluding hydrogens is 192 g/mol. The van der Waals surface area contributed by atoms with Crippen molar-refractivity contribution in [2.45, 2.75) is 6.04 Å². The number of rotatable bonds is 2. The molecule has 1 atom stereocenters. The van der Waals surface area contributed by atoms with Crippen LogP contribution in [-0.4, -0.2) is 14.9 Å². The number of anilines is 1. The van der Waals surface area contributed by atoms with Crippen molar-refractivity contribution in [2.75, 3.05) is 11.6 Å². The van der Waals surface area contributed by atoms with E-state index in [1.165, 1.54) is 4.68 Å². The Morgan fingerprint density at radius 3 is 2.33 bits per heavy atom. The molecule has 6 heteroatoms. The van der Waals surface area contributed by atoms with Crippen LogP contribution >= 0.6 is 0 Å². The molecule has 1 unspecified atom stereocenters. The predicted octanol–water partition coefficient (Wildman–Crippen LogP) is -0.378. The van der Waals surface area contributed by atoms with E-state index < -0.39 is 6.04 Å². The largest absolute Gasteiger partial charge is 0.366 e. The zero-order valence-corrected chi connectivity index (χ0v) is 8.04. The Kier molecular flexibility index (Phi) is 2.26. The highest BCUT2D eigenvalue weighted by molar-refractivity contribution is 5.27. The van der Waals surface area contributed by atoms with Gasteiger partial charge in [0.15, 0.2) is 5.82 Å². The third kappa shape index (κ3) is 1.62. The highest BCUT2D eigenvalue weighted by Crippen LogP contribution is 2.16. The van der Waals surface area contributed by atoms with Crippen LogP contribution in [0.2, 0.25) is 0 Å². The van der Waals surface area contributed by atoms with Gasteiger partial charge >= 0.3 is 0 Å². The van der Waals surface area contributed by atoms with Crippen molar-refractivity contribution in [3.8, 4) is 0 Å². The van der Waals surface area contributed by atoms with Gasteiger partial charge in [-0.15, -0.1) is 10.2 Å². The summed E-state index contributed by atoms with van der Waals surface area (Å²) in [7, 11) is 0. The van der Waals surface area contributed by atoms with Gasteiger partial charge in [0.05, 0.1) is 6.04 Å². The molecule has 0 aliphatic carbocycles. The van der Waals surface area contributed by atoms with Crippen molar-refractivity contribution in [3.63, 3.8) is 0 Å². The van der Waals surface area contributed by atoms with Crippen LogP contribution in [-0.2, 0) is 0 Å². The third-order valence-corrected chi connectivity index (χ3v) is 2.19. The molecule has 0 saturated heterocycles. The van der Waals surface area contributed by atoms with E-state index in [1.807, 2.05) is 30.3 Å². The Balaban J connectivity index is 2.37. The van der Waals surface area contributed by atoms with E-state index in [-0.39, 0.29) is 5.95 Å². The van der Waals surface area contributed by atoms with E-state index in [9.17, 15) is 0 Å². The number of nitrogens with two attached hydrogens (primary N) is 3. The van der Waals surface area contributed by atoms with E-state index in [0.29, 0.717) is 5.82 Å². The van der Waals surface area contributed by atoms with Crippen LogP contribution in [0.4, 0.5) is 5.95 Å². The molecule has 1 heterocycles. The van der Waals surface area contributed by atoms with Crippen molar-refractivity contribution < 1.29 is 0 Å². The maximum absolute atomic E-state index is 5.97. The molecule has 0 radical (unpaired) electrons. The third-order valence-electron chi connectivity index (χ3n) is 2.19. The second-order valence-electron chi connectivity index (χ2n) is 3.17. The number of aromatic nitrogens is 3. The van der Waals surface area contributed by atoms with E-state index in [2.05, 4.69) is 10.2 Å². The molecule has 0 saturated carbocycles.